The Morgan fingerprint density at radius 2 is 1.96 bits per heavy atom. The summed E-state index contributed by atoms with van der Waals surface area (Å²) in [5.41, 5.74) is 1.38. The van der Waals surface area contributed by atoms with Gasteiger partial charge >= 0.3 is 5.97 Å². The van der Waals surface area contributed by atoms with Crippen molar-refractivity contribution < 1.29 is 19.1 Å². The van der Waals surface area contributed by atoms with Crippen molar-refractivity contribution in [3.63, 3.8) is 0 Å². The van der Waals surface area contributed by atoms with Gasteiger partial charge in [-0.15, -0.1) is 0 Å². The van der Waals surface area contributed by atoms with Crippen molar-refractivity contribution in [1.29, 1.82) is 0 Å². The SMILES string of the molecule is CCOC(=O)C1CCN(C(=O)c2cccc(N3CCCC3=O)c2)CC1. The van der Waals surface area contributed by atoms with Gasteiger partial charge in [0.05, 0.1) is 12.5 Å². The predicted molar refractivity (Wildman–Crippen MR) is 93.3 cm³/mol. The molecule has 0 spiro atoms. The van der Waals surface area contributed by atoms with E-state index in [-0.39, 0.29) is 23.7 Å². The number of benzene rings is 1. The molecule has 2 aliphatic rings. The summed E-state index contributed by atoms with van der Waals surface area (Å²) >= 11 is 0. The summed E-state index contributed by atoms with van der Waals surface area (Å²) in [6, 6.07) is 7.26. The fourth-order valence-electron chi connectivity index (χ4n) is 3.49. The zero-order valence-corrected chi connectivity index (χ0v) is 14.6. The fourth-order valence-corrected chi connectivity index (χ4v) is 3.49. The minimum atomic E-state index is -0.163. The third kappa shape index (κ3) is 3.83. The highest BCUT2D eigenvalue weighted by Gasteiger charge is 2.29. The quantitative estimate of drug-likeness (QED) is 0.786. The number of hydrogen-bond acceptors (Lipinski definition) is 4. The van der Waals surface area contributed by atoms with Crippen molar-refractivity contribution in [2.75, 3.05) is 31.1 Å². The number of carbonyl (C=O) groups is 3. The molecule has 1 aromatic carbocycles. The number of hydrogen-bond donors (Lipinski definition) is 0. The molecule has 2 heterocycles. The number of amides is 2. The highest BCUT2D eigenvalue weighted by atomic mass is 16.5. The van der Waals surface area contributed by atoms with Crippen LogP contribution in [0.15, 0.2) is 24.3 Å². The maximum atomic E-state index is 12.8. The summed E-state index contributed by atoms with van der Waals surface area (Å²) in [7, 11) is 0. The topological polar surface area (TPSA) is 66.9 Å². The first kappa shape index (κ1) is 17.5. The van der Waals surface area contributed by atoms with Crippen molar-refractivity contribution >= 4 is 23.5 Å². The summed E-state index contributed by atoms with van der Waals surface area (Å²) in [6.07, 6.45) is 2.70. The number of rotatable bonds is 4. The largest absolute Gasteiger partial charge is 0.466 e. The van der Waals surface area contributed by atoms with Crippen LogP contribution >= 0.6 is 0 Å². The highest BCUT2D eigenvalue weighted by Crippen LogP contribution is 2.24. The van der Waals surface area contributed by atoms with Gasteiger partial charge in [0.1, 0.15) is 0 Å². The molecule has 0 aliphatic carbocycles. The van der Waals surface area contributed by atoms with E-state index in [4.69, 9.17) is 4.74 Å². The average Bonchev–Trinajstić information content (AvgIpc) is 3.07. The van der Waals surface area contributed by atoms with Gasteiger partial charge in [-0.3, -0.25) is 14.4 Å². The van der Waals surface area contributed by atoms with E-state index in [2.05, 4.69) is 0 Å². The molecular formula is C19H24N2O4. The highest BCUT2D eigenvalue weighted by molar-refractivity contribution is 5.99. The first-order valence-corrected chi connectivity index (χ1v) is 8.96. The lowest BCUT2D eigenvalue weighted by Gasteiger charge is -2.31. The maximum absolute atomic E-state index is 12.8. The van der Waals surface area contributed by atoms with Gasteiger partial charge in [0.15, 0.2) is 0 Å². The van der Waals surface area contributed by atoms with Gasteiger partial charge in [0, 0.05) is 37.3 Å². The second-order valence-electron chi connectivity index (χ2n) is 6.52. The molecule has 2 fully saturated rings. The molecule has 0 bridgehead atoms. The molecule has 0 unspecified atom stereocenters. The van der Waals surface area contributed by atoms with Crippen LogP contribution in [0.1, 0.15) is 43.0 Å². The first-order chi connectivity index (χ1) is 12.1. The third-order valence-corrected chi connectivity index (χ3v) is 4.88. The summed E-state index contributed by atoms with van der Waals surface area (Å²) in [5, 5.41) is 0. The molecule has 134 valence electrons. The van der Waals surface area contributed by atoms with Gasteiger partial charge in [-0.1, -0.05) is 6.07 Å². The number of nitrogens with zero attached hydrogens (tertiary/aromatic N) is 2. The third-order valence-electron chi connectivity index (χ3n) is 4.88. The lowest BCUT2D eigenvalue weighted by atomic mass is 9.96. The Morgan fingerprint density at radius 1 is 1.20 bits per heavy atom. The number of likely N-dealkylation sites (tertiary alicyclic amines) is 1. The van der Waals surface area contributed by atoms with Gasteiger partial charge < -0.3 is 14.5 Å². The number of ether oxygens (including phenoxy) is 1. The minimum Gasteiger partial charge on any atom is -0.466 e. The first-order valence-electron chi connectivity index (χ1n) is 8.96. The second-order valence-corrected chi connectivity index (χ2v) is 6.52. The molecule has 2 aliphatic heterocycles. The van der Waals surface area contributed by atoms with E-state index in [1.54, 1.807) is 28.9 Å². The molecule has 0 saturated carbocycles. The number of esters is 1. The molecule has 6 nitrogen and oxygen atoms in total. The minimum absolute atomic E-state index is 0.0456. The van der Waals surface area contributed by atoms with Crippen molar-refractivity contribution in [2.45, 2.75) is 32.6 Å². The van der Waals surface area contributed by atoms with Crippen LogP contribution in [0.3, 0.4) is 0 Å². The Balaban J connectivity index is 1.64. The molecule has 25 heavy (non-hydrogen) atoms. The molecule has 0 N–H and O–H groups in total. The average molecular weight is 344 g/mol. The van der Waals surface area contributed by atoms with Crippen LogP contribution in [-0.4, -0.2) is 48.9 Å². The molecule has 1 aromatic rings. The standard InChI is InChI=1S/C19H24N2O4/c1-2-25-19(24)14-8-11-20(12-9-14)18(23)15-5-3-6-16(13-15)21-10-4-7-17(21)22/h3,5-6,13-14H,2,4,7-12H2,1H3. The van der Waals surface area contributed by atoms with E-state index in [1.807, 2.05) is 12.1 Å². The Labute approximate surface area is 147 Å². The second kappa shape index (κ2) is 7.68. The molecule has 6 heteroatoms. The van der Waals surface area contributed by atoms with Crippen LogP contribution in [0.4, 0.5) is 5.69 Å². The zero-order valence-electron chi connectivity index (χ0n) is 14.6. The van der Waals surface area contributed by atoms with E-state index in [1.165, 1.54) is 0 Å². The summed E-state index contributed by atoms with van der Waals surface area (Å²) in [6.45, 7) is 4.00. The monoisotopic (exact) mass is 344 g/mol. The Hall–Kier alpha value is -2.37. The normalized spacial score (nSPS) is 18.5. The van der Waals surface area contributed by atoms with Crippen molar-refractivity contribution in [2.24, 2.45) is 5.92 Å². The summed E-state index contributed by atoms with van der Waals surface area (Å²) in [4.78, 5) is 40.0. The van der Waals surface area contributed by atoms with Crippen molar-refractivity contribution in [3.8, 4) is 0 Å². The van der Waals surface area contributed by atoms with Crippen LogP contribution in [-0.2, 0) is 14.3 Å². The van der Waals surface area contributed by atoms with Gasteiger partial charge in [-0.05, 0) is 44.4 Å². The van der Waals surface area contributed by atoms with Crippen molar-refractivity contribution in [1.82, 2.24) is 4.90 Å². The number of carbonyl (C=O) groups excluding carboxylic acids is 3. The molecule has 0 radical (unpaired) electrons. The summed E-state index contributed by atoms with van der Waals surface area (Å²) in [5.74, 6) is -0.211. The van der Waals surface area contributed by atoms with Crippen LogP contribution < -0.4 is 4.90 Å². The van der Waals surface area contributed by atoms with Crippen LogP contribution in [0, 0.1) is 5.92 Å². The summed E-state index contributed by atoms with van der Waals surface area (Å²) < 4.78 is 5.06. The van der Waals surface area contributed by atoms with Crippen LogP contribution in [0.25, 0.3) is 0 Å². The van der Waals surface area contributed by atoms with E-state index >= 15 is 0 Å². The van der Waals surface area contributed by atoms with Gasteiger partial charge in [0.2, 0.25) is 5.91 Å². The van der Waals surface area contributed by atoms with E-state index in [9.17, 15) is 14.4 Å². The lowest BCUT2D eigenvalue weighted by molar-refractivity contribution is -0.149. The van der Waals surface area contributed by atoms with Gasteiger partial charge in [0.25, 0.3) is 5.91 Å². The Bertz CT molecular complexity index is 665. The van der Waals surface area contributed by atoms with Crippen molar-refractivity contribution in [3.05, 3.63) is 29.8 Å². The zero-order chi connectivity index (χ0) is 17.8. The Morgan fingerprint density at radius 3 is 2.60 bits per heavy atom. The molecule has 3 rings (SSSR count). The van der Waals surface area contributed by atoms with E-state index in [0.29, 0.717) is 51.1 Å². The smallest absolute Gasteiger partial charge is 0.309 e. The molecule has 2 saturated heterocycles. The van der Waals surface area contributed by atoms with E-state index in [0.717, 1.165) is 12.1 Å². The molecular weight excluding hydrogens is 320 g/mol. The molecule has 2 amide bonds. The maximum Gasteiger partial charge on any atom is 0.309 e. The molecule has 0 aromatic heterocycles. The predicted octanol–water partition coefficient (Wildman–Crippen LogP) is 2.23. The number of anilines is 1. The van der Waals surface area contributed by atoms with E-state index < -0.39 is 0 Å². The molecule has 0 atom stereocenters. The number of piperidine rings is 1. The van der Waals surface area contributed by atoms with Crippen LogP contribution in [0.5, 0.6) is 0 Å². The van der Waals surface area contributed by atoms with Gasteiger partial charge in [-0.25, -0.2) is 0 Å². The lowest BCUT2D eigenvalue weighted by Crippen LogP contribution is -2.40. The fraction of sp³-hybridized carbons (Fsp3) is 0.526. The van der Waals surface area contributed by atoms with Crippen LogP contribution in [0.2, 0.25) is 0 Å². The Kier molecular flexibility index (Phi) is 5.36. The van der Waals surface area contributed by atoms with Gasteiger partial charge in [-0.2, -0.15) is 0 Å².